The van der Waals surface area contributed by atoms with Crippen molar-refractivity contribution in [2.24, 2.45) is 0 Å². The molecule has 0 aromatic heterocycles. The Kier molecular flexibility index (Phi) is 5.50. The molecule has 1 aliphatic heterocycles. The van der Waals surface area contributed by atoms with E-state index in [-0.39, 0.29) is 18.6 Å². The van der Waals surface area contributed by atoms with E-state index in [2.05, 4.69) is 24.3 Å². The summed E-state index contributed by atoms with van der Waals surface area (Å²) in [6.07, 6.45) is 0.353. The van der Waals surface area contributed by atoms with E-state index < -0.39 is 18.1 Å². The Balaban J connectivity index is 1.39. The number of fused-ring (bicyclic) bond motifs is 3. The van der Waals surface area contributed by atoms with Crippen molar-refractivity contribution >= 4 is 12.1 Å². The van der Waals surface area contributed by atoms with Crippen LogP contribution in [-0.2, 0) is 9.53 Å². The topological polar surface area (TPSA) is 76.1 Å². The molecule has 33 heavy (non-hydrogen) atoms. The number of likely N-dealkylation sites (tertiary alicyclic amines) is 1. The molecular weight excluding hydrogens is 418 g/mol. The maximum absolute atomic E-state index is 13.3. The molecule has 0 spiro atoms. The van der Waals surface area contributed by atoms with Crippen LogP contribution >= 0.6 is 0 Å². The number of carboxylic acid groups (broad SMARTS) is 1. The fourth-order valence-corrected chi connectivity index (χ4v) is 5.13. The van der Waals surface area contributed by atoms with E-state index in [1.54, 1.807) is 7.11 Å². The molecule has 1 amide bonds. The minimum atomic E-state index is -1.01. The Morgan fingerprint density at radius 2 is 1.52 bits per heavy atom. The predicted octanol–water partition coefficient (Wildman–Crippen LogP) is 5.23. The molecule has 6 heteroatoms. The molecule has 1 aliphatic carbocycles. The number of carbonyl (C=O) groups excluding carboxylic acids is 1. The molecule has 6 nitrogen and oxygen atoms in total. The lowest BCUT2D eigenvalue weighted by atomic mass is 9.98. The summed E-state index contributed by atoms with van der Waals surface area (Å²) < 4.78 is 11.0. The van der Waals surface area contributed by atoms with E-state index in [1.807, 2.05) is 48.5 Å². The van der Waals surface area contributed by atoms with Gasteiger partial charge in [0.05, 0.1) is 13.2 Å². The predicted molar refractivity (Wildman–Crippen MR) is 123 cm³/mol. The number of methoxy groups -OCH3 is 1. The molecule has 5 rings (SSSR count). The molecule has 1 heterocycles. The van der Waals surface area contributed by atoms with Gasteiger partial charge in [-0.3, -0.25) is 4.90 Å². The third-order valence-electron chi connectivity index (χ3n) is 6.72. The number of benzene rings is 3. The van der Waals surface area contributed by atoms with E-state index in [9.17, 15) is 14.7 Å². The second-order valence-electron chi connectivity index (χ2n) is 8.43. The van der Waals surface area contributed by atoms with E-state index >= 15 is 0 Å². The fraction of sp³-hybridized carbons (Fsp3) is 0.259. The highest BCUT2D eigenvalue weighted by Crippen LogP contribution is 2.45. The van der Waals surface area contributed by atoms with Crippen LogP contribution in [0.1, 0.15) is 41.5 Å². The number of hydrogen-bond donors (Lipinski definition) is 1. The Hall–Kier alpha value is -3.80. The van der Waals surface area contributed by atoms with Gasteiger partial charge in [0.25, 0.3) is 0 Å². The van der Waals surface area contributed by atoms with Gasteiger partial charge in [-0.05, 0) is 52.8 Å². The smallest absolute Gasteiger partial charge is 0.411 e. The van der Waals surface area contributed by atoms with Crippen molar-refractivity contribution in [3.05, 3.63) is 89.5 Å². The Bertz CT molecular complexity index is 1140. The van der Waals surface area contributed by atoms with Crippen molar-refractivity contribution in [1.29, 1.82) is 0 Å². The zero-order chi connectivity index (χ0) is 22.9. The molecule has 3 aromatic carbocycles. The molecule has 0 radical (unpaired) electrons. The number of amides is 1. The molecule has 168 valence electrons. The first-order chi connectivity index (χ1) is 16.1. The first kappa shape index (κ1) is 21.1. The summed E-state index contributed by atoms with van der Waals surface area (Å²) in [6.45, 7) is 0.158. The highest BCUT2D eigenvalue weighted by atomic mass is 16.6. The molecule has 1 saturated heterocycles. The van der Waals surface area contributed by atoms with Gasteiger partial charge in [0.15, 0.2) is 0 Å². The SMILES string of the molecule is COc1ccc(C2CCC(C(=O)O)N2C(=O)OCC2c3ccccc3-c3ccccc32)cc1. The molecule has 0 bridgehead atoms. The zero-order valence-corrected chi connectivity index (χ0v) is 18.3. The highest BCUT2D eigenvalue weighted by molar-refractivity contribution is 5.82. The summed E-state index contributed by atoms with van der Waals surface area (Å²) in [5.41, 5.74) is 5.40. The standard InChI is InChI=1S/C27H25NO5/c1-32-18-12-10-17(11-13-18)24-14-15-25(26(29)30)28(24)27(31)33-16-23-21-8-4-2-6-19(21)20-7-3-5-9-22(20)23/h2-13,23-25H,14-16H2,1H3,(H,29,30). The van der Waals surface area contributed by atoms with E-state index in [0.29, 0.717) is 18.6 Å². The van der Waals surface area contributed by atoms with Crippen LogP contribution in [0.4, 0.5) is 4.79 Å². The van der Waals surface area contributed by atoms with Crippen molar-refractivity contribution in [1.82, 2.24) is 4.90 Å². The lowest BCUT2D eigenvalue weighted by Gasteiger charge is -2.28. The molecule has 3 aromatic rings. The van der Waals surface area contributed by atoms with Crippen molar-refractivity contribution in [3.63, 3.8) is 0 Å². The quantitative estimate of drug-likeness (QED) is 0.584. The lowest BCUT2D eigenvalue weighted by Crippen LogP contribution is -2.42. The third kappa shape index (κ3) is 3.71. The van der Waals surface area contributed by atoms with E-state index in [1.165, 1.54) is 4.90 Å². The number of ether oxygens (including phenoxy) is 2. The minimum absolute atomic E-state index is 0.0772. The van der Waals surface area contributed by atoms with Crippen LogP contribution < -0.4 is 4.74 Å². The number of aliphatic carboxylic acids is 1. The van der Waals surface area contributed by atoms with Crippen molar-refractivity contribution in [3.8, 4) is 16.9 Å². The maximum Gasteiger partial charge on any atom is 0.411 e. The fourth-order valence-electron chi connectivity index (χ4n) is 5.13. The first-order valence-electron chi connectivity index (χ1n) is 11.1. The second-order valence-corrected chi connectivity index (χ2v) is 8.43. The number of nitrogens with zero attached hydrogens (tertiary/aromatic N) is 1. The zero-order valence-electron chi connectivity index (χ0n) is 18.3. The highest BCUT2D eigenvalue weighted by Gasteiger charge is 2.43. The van der Waals surface area contributed by atoms with Crippen LogP contribution in [0.3, 0.4) is 0 Å². The van der Waals surface area contributed by atoms with Gasteiger partial charge in [-0.2, -0.15) is 0 Å². The second kappa shape index (κ2) is 8.62. The molecule has 0 saturated carbocycles. The van der Waals surface area contributed by atoms with Gasteiger partial charge in [-0.1, -0.05) is 60.7 Å². The Morgan fingerprint density at radius 3 is 2.09 bits per heavy atom. The molecule has 1 fully saturated rings. The lowest BCUT2D eigenvalue weighted by molar-refractivity contribution is -0.142. The normalized spacial score (nSPS) is 19.1. The molecule has 2 atom stereocenters. The van der Waals surface area contributed by atoms with Gasteiger partial charge in [-0.15, -0.1) is 0 Å². The summed E-state index contributed by atoms with van der Waals surface area (Å²) >= 11 is 0. The van der Waals surface area contributed by atoms with Gasteiger partial charge < -0.3 is 14.6 Å². The number of carbonyl (C=O) groups is 2. The van der Waals surface area contributed by atoms with Gasteiger partial charge >= 0.3 is 12.1 Å². The van der Waals surface area contributed by atoms with Crippen LogP contribution in [0.5, 0.6) is 5.75 Å². The monoisotopic (exact) mass is 443 g/mol. The summed E-state index contributed by atoms with van der Waals surface area (Å²) in [5, 5.41) is 9.75. The largest absolute Gasteiger partial charge is 0.497 e. The van der Waals surface area contributed by atoms with Crippen LogP contribution in [0.25, 0.3) is 11.1 Å². The molecule has 2 unspecified atom stereocenters. The molecule has 2 aliphatic rings. The third-order valence-corrected chi connectivity index (χ3v) is 6.72. The van der Waals surface area contributed by atoms with Crippen LogP contribution in [0, 0.1) is 0 Å². The van der Waals surface area contributed by atoms with Gasteiger partial charge in [0.2, 0.25) is 0 Å². The van der Waals surface area contributed by atoms with Crippen molar-refractivity contribution in [2.75, 3.05) is 13.7 Å². The summed E-state index contributed by atoms with van der Waals surface area (Å²) in [6, 6.07) is 22.4. The first-order valence-corrected chi connectivity index (χ1v) is 11.1. The number of rotatable bonds is 5. The van der Waals surface area contributed by atoms with E-state index in [0.717, 1.165) is 27.8 Å². The average molecular weight is 443 g/mol. The Morgan fingerprint density at radius 1 is 0.909 bits per heavy atom. The number of carboxylic acids is 1. The van der Waals surface area contributed by atoms with Crippen LogP contribution in [-0.4, -0.2) is 41.8 Å². The average Bonchev–Trinajstić information content (AvgIpc) is 3.43. The summed E-state index contributed by atoms with van der Waals surface area (Å²) in [5.74, 6) is -0.384. The van der Waals surface area contributed by atoms with Crippen LogP contribution in [0.15, 0.2) is 72.8 Å². The van der Waals surface area contributed by atoms with Crippen molar-refractivity contribution < 1.29 is 24.2 Å². The van der Waals surface area contributed by atoms with Gasteiger partial charge in [0, 0.05) is 5.92 Å². The van der Waals surface area contributed by atoms with Gasteiger partial charge in [-0.25, -0.2) is 9.59 Å². The summed E-state index contributed by atoms with van der Waals surface area (Å²) in [4.78, 5) is 26.6. The summed E-state index contributed by atoms with van der Waals surface area (Å²) in [7, 11) is 1.59. The van der Waals surface area contributed by atoms with Crippen LogP contribution in [0.2, 0.25) is 0 Å². The maximum atomic E-state index is 13.3. The number of hydrogen-bond acceptors (Lipinski definition) is 4. The van der Waals surface area contributed by atoms with Gasteiger partial charge in [0.1, 0.15) is 18.4 Å². The molecular formula is C27H25NO5. The minimum Gasteiger partial charge on any atom is -0.497 e. The molecule has 1 N–H and O–H groups in total. The van der Waals surface area contributed by atoms with E-state index in [4.69, 9.17) is 9.47 Å². The van der Waals surface area contributed by atoms with Crippen molar-refractivity contribution in [2.45, 2.75) is 30.8 Å². The Labute approximate surface area is 192 Å².